The predicted molar refractivity (Wildman–Crippen MR) is 76.7 cm³/mol. The molecule has 2 nitrogen and oxygen atoms in total. The van der Waals surface area contributed by atoms with Crippen molar-refractivity contribution in [3.63, 3.8) is 0 Å². The van der Waals surface area contributed by atoms with Gasteiger partial charge in [0.15, 0.2) is 0 Å². The fourth-order valence-corrected chi connectivity index (χ4v) is 5.77. The van der Waals surface area contributed by atoms with Gasteiger partial charge in [-0.25, -0.2) is 4.98 Å². The lowest BCUT2D eigenvalue weighted by molar-refractivity contribution is 0.634. The molecule has 5 heteroatoms. The summed E-state index contributed by atoms with van der Waals surface area (Å²) in [5.74, 6) is 2.55. The summed E-state index contributed by atoms with van der Waals surface area (Å²) in [7, 11) is 1.98. The van der Waals surface area contributed by atoms with Gasteiger partial charge in [-0.2, -0.15) is 11.8 Å². The van der Waals surface area contributed by atoms with Crippen LogP contribution in [0.5, 0.6) is 0 Å². The number of hydrogen-bond donors (Lipinski definition) is 1. The number of nitrogens with one attached hydrogen (secondary N) is 1. The SMILES string of the molecule is CNC(C)c1csc(C2SCCSC2C)n1. The van der Waals surface area contributed by atoms with Gasteiger partial charge in [-0.15, -0.1) is 23.1 Å². The van der Waals surface area contributed by atoms with Gasteiger partial charge in [0.05, 0.1) is 10.9 Å². The Bertz CT molecular complexity index is 340. The zero-order chi connectivity index (χ0) is 11.5. The molecule has 0 aromatic carbocycles. The van der Waals surface area contributed by atoms with E-state index in [1.54, 1.807) is 0 Å². The lowest BCUT2D eigenvalue weighted by Crippen LogP contribution is -2.16. The summed E-state index contributed by atoms with van der Waals surface area (Å²) < 4.78 is 0. The normalized spacial score (nSPS) is 27.9. The van der Waals surface area contributed by atoms with Crippen molar-refractivity contribution in [1.82, 2.24) is 10.3 Å². The third-order valence-electron chi connectivity index (χ3n) is 2.85. The third-order valence-corrected chi connectivity index (χ3v) is 7.04. The van der Waals surface area contributed by atoms with Crippen LogP contribution in [0.4, 0.5) is 0 Å². The van der Waals surface area contributed by atoms with Crippen LogP contribution < -0.4 is 5.32 Å². The van der Waals surface area contributed by atoms with E-state index in [9.17, 15) is 0 Å². The number of aromatic nitrogens is 1. The Kier molecular flexibility index (Phi) is 4.58. The van der Waals surface area contributed by atoms with Crippen molar-refractivity contribution in [2.45, 2.75) is 30.4 Å². The average Bonchev–Trinajstić information content (AvgIpc) is 2.78. The Morgan fingerprint density at radius 1 is 1.44 bits per heavy atom. The van der Waals surface area contributed by atoms with Crippen LogP contribution in [-0.4, -0.2) is 28.8 Å². The van der Waals surface area contributed by atoms with Gasteiger partial charge in [0.2, 0.25) is 0 Å². The molecule has 0 spiro atoms. The zero-order valence-electron chi connectivity index (χ0n) is 9.90. The van der Waals surface area contributed by atoms with Crippen molar-refractivity contribution < 1.29 is 0 Å². The fraction of sp³-hybridized carbons (Fsp3) is 0.727. The molecule has 0 bridgehead atoms. The van der Waals surface area contributed by atoms with Gasteiger partial charge < -0.3 is 5.32 Å². The summed E-state index contributed by atoms with van der Waals surface area (Å²) in [5, 5.41) is 8.04. The highest BCUT2D eigenvalue weighted by Crippen LogP contribution is 2.43. The van der Waals surface area contributed by atoms with Crippen LogP contribution in [0.1, 0.15) is 35.8 Å². The van der Waals surface area contributed by atoms with Crippen molar-refractivity contribution in [2.75, 3.05) is 18.6 Å². The molecule has 1 aliphatic rings. The van der Waals surface area contributed by atoms with Crippen LogP contribution in [0.25, 0.3) is 0 Å². The van der Waals surface area contributed by atoms with E-state index in [0.29, 0.717) is 16.5 Å². The molecule has 1 aromatic rings. The molecule has 0 saturated carbocycles. The molecule has 1 fully saturated rings. The van der Waals surface area contributed by atoms with E-state index in [2.05, 4.69) is 48.1 Å². The van der Waals surface area contributed by atoms with E-state index in [4.69, 9.17) is 4.98 Å². The molecule has 0 aliphatic carbocycles. The molecular formula is C11H18N2S3. The predicted octanol–water partition coefficient (Wildman–Crippen LogP) is 3.33. The molecule has 1 saturated heterocycles. The van der Waals surface area contributed by atoms with E-state index in [0.717, 1.165) is 0 Å². The summed E-state index contributed by atoms with van der Waals surface area (Å²) >= 11 is 5.96. The van der Waals surface area contributed by atoms with E-state index >= 15 is 0 Å². The second-order valence-corrected chi connectivity index (χ2v) is 7.61. The Morgan fingerprint density at radius 2 is 2.19 bits per heavy atom. The second-order valence-electron chi connectivity index (χ2n) is 3.99. The molecule has 90 valence electrons. The first-order chi connectivity index (χ1) is 7.72. The highest BCUT2D eigenvalue weighted by atomic mass is 32.2. The maximum atomic E-state index is 4.78. The maximum Gasteiger partial charge on any atom is 0.107 e. The van der Waals surface area contributed by atoms with Gasteiger partial charge >= 0.3 is 0 Å². The average molecular weight is 274 g/mol. The molecule has 1 N–H and O–H groups in total. The number of hydrogen-bond acceptors (Lipinski definition) is 5. The minimum atomic E-state index is 0.363. The lowest BCUT2D eigenvalue weighted by atomic mass is 10.2. The first-order valence-electron chi connectivity index (χ1n) is 5.58. The topological polar surface area (TPSA) is 24.9 Å². The van der Waals surface area contributed by atoms with Crippen LogP contribution in [0.15, 0.2) is 5.38 Å². The van der Waals surface area contributed by atoms with E-state index in [1.165, 1.54) is 22.2 Å². The van der Waals surface area contributed by atoms with Crippen molar-refractivity contribution >= 4 is 34.9 Å². The van der Waals surface area contributed by atoms with Crippen LogP contribution in [-0.2, 0) is 0 Å². The summed E-state index contributed by atoms with van der Waals surface area (Å²) in [6, 6.07) is 0.363. The number of thioether (sulfide) groups is 2. The molecule has 0 radical (unpaired) electrons. The Balaban J connectivity index is 2.11. The van der Waals surface area contributed by atoms with Gasteiger partial charge in [-0.3, -0.25) is 0 Å². The Labute approximate surface area is 110 Å². The van der Waals surface area contributed by atoms with Gasteiger partial charge in [0.25, 0.3) is 0 Å². The summed E-state index contributed by atoms with van der Waals surface area (Å²) in [4.78, 5) is 4.78. The van der Waals surface area contributed by atoms with Crippen molar-refractivity contribution in [3.05, 3.63) is 16.1 Å². The Hall–Kier alpha value is 0.290. The van der Waals surface area contributed by atoms with Crippen molar-refractivity contribution in [2.24, 2.45) is 0 Å². The first kappa shape index (κ1) is 12.7. The largest absolute Gasteiger partial charge is 0.312 e. The number of rotatable bonds is 3. The molecule has 16 heavy (non-hydrogen) atoms. The number of nitrogens with zero attached hydrogens (tertiary/aromatic N) is 1. The Morgan fingerprint density at radius 3 is 2.88 bits per heavy atom. The minimum absolute atomic E-state index is 0.363. The molecular weight excluding hydrogens is 256 g/mol. The lowest BCUT2D eigenvalue weighted by Gasteiger charge is -2.26. The molecule has 2 rings (SSSR count). The minimum Gasteiger partial charge on any atom is -0.312 e. The van der Waals surface area contributed by atoms with E-state index in [-0.39, 0.29) is 0 Å². The molecule has 3 unspecified atom stereocenters. The monoisotopic (exact) mass is 274 g/mol. The summed E-state index contributed by atoms with van der Waals surface area (Å²) in [6.07, 6.45) is 0. The highest BCUT2D eigenvalue weighted by molar-refractivity contribution is 8.06. The van der Waals surface area contributed by atoms with Crippen molar-refractivity contribution in [3.8, 4) is 0 Å². The van der Waals surface area contributed by atoms with Crippen molar-refractivity contribution in [1.29, 1.82) is 0 Å². The van der Waals surface area contributed by atoms with E-state index in [1.807, 2.05) is 18.4 Å². The number of thiazole rings is 1. The highest BCUT2D eigenvalue weighted by Gasteiger charge is 2.26. The smallest absolute Gasteiger partial charge is 0.107 e. The van der Waals surface area contributed by atoms with Gasteiger partial charge in [0.1, 0.15) is 5.01 Å². The van der Waals surface area contributed by atoms with Gasteiger partial charge in [-0.1, -0.05) is 6.92 Å². The summed E-state index contributed by atoms with van der Waals surface area (Å²) in [6.45, 7) is 4.48. The standard InChI is InChI=1S/C11H18N2S3/c1-7(12-3)9-6-16-11(13-9)10-8(2)14-4-5-15-10/h6-8,10,12H,4-5H2,1-3H3. The second kappa shape index (κ2) is 5.76. The molecule has 1 aromatic heterocycles. The molecule has 1 aliphatic heterocycles. The van der Waals surface area contributed by atoms with Gasteiger partial charge in [-0.05, 0) is 14.0 Å². The van der Waals surface area contributed by atoms with E-state index < -0.39 is 0 Å². The quantitative estimate of drug-likeness (QED) is 0.914. The summed E-state index contributed by atoms with van der Waals surface area (Å²) in [5.41, 5.74) is 1.19. The maximum absolute atomic E-state index is 4.78. The van der Waals surface area contributed by atoms with Crippen LogP contribution >= 0.6 is 34.9 Å². The fourth-order valence-electron chi connectivity index (χ4n) is 1.68. The van der Waals surface area contributed by atoms with Crippen LogP contribution in [0.3, 0.4) is 0 Å². The molecule has 0 amide bonds. The zero-order valence-corrected chi connectivity index (χ0v) is 12.3. The first-order valence-corrected chi connectivity index (χ1v) is 8.56. The van der Waals surface area contributed by atoms with Gasteiger partial charge in [0, 0.05) is 28.2 Å². The molecule has 3 atom stereocenters. The van der Waals surface area contributed by atoms with Crippen LogP contribution in [0, 0.1) is 0 Å². The molecule has 2 heterocycles. The third kappa shape index (κ3) is 2.75. The van der Waals surface area contributed by atoms with Crippen LogP contribution in [0.2, 0.25) is 0 Å².